The van der Waals surface area contributed by atoms with E-state index < -0.39 is 0 Å². The van der Waals surface area contributed by atoms with Gasteiger partial charge < -0.3 is 15.1 Å². The van der Waals surface area contributed by atoms with Crippen molar-refractivity contribution in [3.63, 3.8) is 0 Å². The molecule has 3 aliphatic rings. The van der Waals surface area contributed by atoms with Crippen LogP contribution >= 0.6 is 11.6 Å². The van der Waals surface area contributed by atoms with Gasteiger partial charge in [-0.05, 0) is 91.5 Å². The van der Waals surface area contributed by atoms with Crippen LogP contribution in [0.3, 0.4) is 0 Å². The summed E-state index contributed by atoms with van der Waals surface area (Å²) in [5.41, 5.74) is 4.92. The van der Waals surface area contributed by atoms with Gasteiger partial charge in [0.1, 0.15) is 0 Å². The third kappa shape index (κ3) is 5.40. The fourth-order valence-electron chi connectivity index (χ4n) is 6.62. The van der Waals surface area contributed by atoms with Gasteiger partial charge in [-0.25, -0.2) is 0 Å². The first kappa shape index (κ1) is 25.9. The molecule has 2 amide bonds. The number of nitrogens with one attached hydrogen (secondary N) is 1. The summed E-state index contributed by atoms with van der Waals surface area (Å²) in [6.45, 7) is 3.65. The van der Waals surface area contributed by atoms with Crippen LogP contribution in [0.4, 0.5) is 5.69 Å². The Kier molecular flexibility index (Phi) is 7.30. The Bertz CT molecular complexity index is 1350. The summed E-state index contributed by atoms with van der Waals surface area (Å²) in [6.07, 6.45) is 10.9. The van der Waals surface area contributed by atoms with E-state index in [9.17, 15) is 9.59 Å². The number of hydrogen-bond acceptors (Lipinski definition) is 4. The van der Waals surface area contributed by atoms with Crippen molar-refractivity contribution in [1.82, 2.24) is 15.2 Å². The molecule has 0 saturated carbocycles. The molecule has 1 spiro atoms. The number of hydrogen-bond donors (Lipinski definition) is 1. The second kappa shape index (κ2) is 11.0. The van der Waals surface area contributed by atoms with Gasteiger partial charge in [-0.15, -0.1) is 0 Å². The van der Waals surface area contributed by atoms with Crippen molar-refractivity contribution < 1.29 is 9.59 Å². The van der Waals surface area contributed by atoms with E-state index >= 15 is 0 Å². The summed E-state index contributed by atoms with van der Waals surface area (Å²) in [7, 11) is 0. The highest BCUT2D eigenvalue weighted by Crippen LogP contribution is 2.42. The van der Waals surface area contributed by atoms with Gasteiger partial charge in [0.15, 0.2) is 0 Å². The Morgan fingerprint density at radius 2 is 1.72 bits per heavy atom. The molecule has 2 fully saturated rings. The molecule has 1 aliphatic carbocycles. The maximum atomic E-state index is 13.7. The third-order valence-electron chi connectivity index (χ3n) is 8.96. The number of fused-ring (bicyclic) bond motifs is 1. The molecule has 1 atom stereocenters. The van der Waals surface area contributed by atoms with Crippen molar-refractivity contribution >= 4 is 29.1 Å². The van der Waals surface area contributed by atoms with Crippen LogP contribution in [-0.2, 0) is 6.42 Å². The lowest BCUT2D eigenvalue weighted by Crippen LogP contribution is -2.42. The van der Waals surface area contributed by atoms with Gasteiger partial charge in [0, 0.05) is 49.8 Å². The third-order valence-corrected chi connectivity index (χ3v) is 9.29. The summed E-state index contributed by atoms with van der Waals surface area (Å²) in [4.78, 5) is 35.4. The number of aromatic nitrogens is 1. The van der Waals surface area contributed by atoms with Gasteiger partial charge in [0.2, 0.25) is 0 Å². The maximum Gasteiger partial charge on any atom is 0.253 e. The number of likely N-dealkylation sites (tertiary alicyclic amines) is 1. The van der Waals surface area contributed by atoms with Crippen molar-refractivity contribution in [2.45, 2.75) is 51.0 Å². The SMILES string of the molecule is O=C(NC1CCCCc2ccc(C(=O)N3CCC4(CCN(c5ccncc5)CC4)C3)cc21)c1ccccc1Cl. The number of nitrogens with zero attached hydrogens (tertiary/aromatic N) is 3. The van der Waals surface area contributed by atoms with Gasteiger partial charge >= 0.3 is 0 Å². The molecule has 2 aliphatic heterocycles. The number of rotatable bonds is 4. The van der Waals surface area contributed by atoms with Crippen molar-refractivity contribution in [1.29, 1.82) is 0 Å². The van der Waals surface area contributed by atoms with E-state index in [4.69, 9.17) is 11.6 Å². The first-order chi connectivity index (χ1) is 19.0. The fourth-order valence-corrected chi connectivity index (χ4v) is 6.85. The van der Waals surface area contributed by atoms with Crippen LogP contribution < -0.4 is 10.2 Å². The lowest BCUT2D eigenvalue weighted by atomic mass is 9.77. The number of anilines is 1. The molecule has 6 rings (SSSR count). The minimum absolute atomic E-state index is 0.103. The van der Waals surface area contributed by atoms with Gasteiger partial charge in [-0.2, -0.15) is 0 Å². The zero-order valence-corrected chi connectivity index (χ0v) is 23.0. The predicted molar refractivity (Wildman–Crippen MR) is 154 cm³/mol. The molecular formula is C32H35ClN4O2. The van der Waals surface area contributed by atoms with Gasteiger partial charge in [0.05, 0.1) is 16.6 Å². The molecule has 3 heterocycles. The molecule has 1 aromatic heterocycles. The van der Waals surface area contributed by atoms with Crippen LogP contribution in [0.2, 0.25) is 5.02 Å². The van der Waals surface area contributed by atoms with Crippen LogP contribution in [0.1, 0.15) is 76.4 Å². The van der Waals surface area contributed by atoms with Gasteiger partial charge in [-0.3, -0.25) is 14.6 Å². The Balaban J connectivity index is 1.15. The fraction of sp³-hybridized carbons (Fsp3) is 0.406. The quantitative estimate of drug-likeness (QED) is 0.407. The normalized spacial score (nSPS) is 20.4. The second-order valence-corrected chi connectivity index (χ2v) is 11.7. The highest BCUT2D eigenvalue weighted by atomic mass is 35.5. The topological polar surface area (TPSA) is 65.5 Å². The number of carbonyl (C=O) groups excluding carboxylic acids is 2. The van der Waals surface area contributed by atoms with E-state index in [1.165, 1.54) is 11.3 Å². The highest BCUT2D eigenvalue weighted by molar-refractivity contribution is 6.33. The van der Waals surface area contributed by atoms with Crippen molar-refractivity contribution in [2.75, 3.05) is 31.1 Å². The summed E-state index contributed by atoms with van der Waals surface area (Å²) >= 11 is 6.29. The second-order valence-electron chi connectivity index (χ2n) is 11.3. The monoisotopic (exact) mass is 542 g/mol. The van der Waals surface area contributed by atoms with Crippen molar-refractivity contribution in [3.8, 4) is 0 Å². The van der Waals surface area contributed by atoms with E-state index in [1.807, 2.05) is 36.7 Å². The number of piperidine rings is 1. The lowest BCUT2D eigenvalue weighted by molar-refractivity contribution is 0.0764. The number of halogens is 1. The van der Waals surface area contributed by atoms with E-state index in [0.717, 1.165) is 82.3 Å². The molecule has 1 N–H and O–H groups in total. The van der Waals surface area contributed by atoms with E-state index in [-0.39, 0.29) is 23.3 Å². The zero-order valence-electron chi connectivity index (χ0n) is 22.2. The molecule has 0 bridgehead atoms. The zero-order chi connectivity index (χ0) is 26.8. The first-order valence-corrected chi connectivity index (χ1v) is 14.5. The summed E-state index contributed by atoms with van der Waals surface area (Å²) < 4.78 is 0. The Morgan fingerprint density at radius 3 is 2.51 bits per heavy atom. The number of aryl methyl sites for hydroxylation is 1. The van der Waals surface area contributed by atoms with Crippen LogP contribution in [0.5, 0.6) is 0 Å². The summed E-state index contributed by atoms with van der Waals surface area (Å²) in [5, 5.41) is 3.66. The van der Waals surface area contributed by atoms with Crippen LogP contribution in [-0.4, -0.2) is 47.9 Å². The smallest absolute Gasteiger partial charge is 0.253 e. The molecule has 6 nitrogen and oxygen atoms in total. The summed E-state index contributed by atoms with van der Waals surface area (Å²) in [5.74, 6) is -0.0681. The Labute approximate surface area is 235 Å². The van der Waals surface area contributed by atoms with Crippen LogP contribution in [0.15, 0.2) is 67.0 Å². The minimum atomic E-state index is -0.172. The molecule has 1 unspecified atom stereocenters. The average molecular weight is 543 g/mol. The Morgan fingerprint density at radius 1 is 0.949 bits per heavy atom. The summed E-state index contributed by atoms with van der Waals surface area (Å²) in [6, 6.07) is 17.3. The molecule has 0 radical (unpaired) electrons. The number of carbonyl (C=O) groups is 2. The van der Waals surface area contributed by atoms with E-state index in [2.05, 4.69) is 38.3 Å². The van der Waals surface area contributed by atoms with Gasteiger partial charge in [0.25, 0.3) is 11.8 Å². The molecule has 2 aromatic carbocycles. The predicted octanol–water partition coefficient (Wildman–Crippen LogP) is 6.07. The molecule has 7 heteroatoms. The van der Waals surface area contributed by atoms with Crippen molar-refractivity contribution in [2.24, 2.45) is 5.41 Å². The van der Waals surface area contributed by atoms with Crippen molar-refractivity contribution in [3.05, 3.63) is 94.3 Å². The molecule has 202 valence electrons. The number of amides is 2. The van der Waals surface area contributed by atoms with Gasteiger partial charge in [-0.1, -0.05) is 36.2 Å². The highest BCUT2D eigenvalue weighted by Gasteiger charge is 2.42. The standard InChI is InChI=1S/C32H35ClN4O2/c33-28-7-3-2-6-26(28)30(38)35-29-8-4-1-5-23-9-10-24(21-27(23)29)31(39)37-20-15-32(22-37)13-18-36(19-14-32)25-11-16-34-17-12-25/h2-3,6-7,9-12,16-17,21,29H,1,4-5,8,13-15,18-20,22H2,(H,35,38). The molecule has 3 aromatic rings. The molecule has 2 saturated heterocycles. The largest absolute Gasteiger partial charge is 0.371 e. The van der Waals surface area contributed by atoms with Crippen LogP contribution in [0.25, 0.3) is 0 Å². The minimum Gasteiger partial charge on any atom is -0.371 e. The number of pyridine rings is 1. The average Bonchev–Trinajstić information content (AvgIpc) is 3.27. The maximum absolute atomic E-state index is 13.7. The molecule has 39 heavy (non-hydrogen) atoms. The first-order valence-electron chi connectivity index (χ1n) is 14.1. The van der Waals surface area contributed by atoms with E-state index in [0.29, 0.717) is 10.6 Å². The van der Waals surface area contributed by atoms with E-state index in [1.54, 1.807) is 12.1 Å². The van der Waals surface area contributed by atoms with Crippen LogP contribution in [0, 0.1) is 5.41 Å². The number of benzene rings is 2. The Hall–Kier alpha value is -3.38. The lowest BCUT2D eigenvalue weighted by Gasteiger charge is -2.40. The molecular weight excluding hydrogens is 508 g/mol.